The lowest BCUT2D eigenvalue weighted by atomic mass is 9.89. The number of thiophene rings is 1. The zero-order chi connectivity index (χ0) is 24.6. The van der Waals surface area contributed by atoms with Crippen LogP contribution in [0.4, 0.5) is 0 Å². The number of nitrogens with zero attached hydrogens (tertiary/aromatic N) is 3. The van der Waals surface area contributed by atoms with Gasteiger partial charge in [-0.3, -0.25) is 4.79 Å². The smallest absolute Gasteiger partial charge is 0.230 e. The van der Waals surface area contributed by atoms with E-state index in [1.807, 2.05) is 18.2 Å². The molecule has 5 rings (SSSR count). The van der Waals surface area contributed by atoms with Gasteiger partial charge in [0.15, 0.2) is 0 Å². The third-order valence-electron chi connectivity index (χ3n) is 6.46. The minimum Gasteiger partial charge on any atom is -0.370 e. The molecule has 3 aromatic heterocycles. The maximum absolute atomic E-state index is 12.7. The summed E-state index contributed by atoms with van der Waals surface area (Å²) in [6.07, 6.45) is 4.28. The van der Waals surface area contributed by atoms with Gasteiger partial charge in [-0.05, 0) is 51.7 Å². The Morgan fingerprint density at radius 3 is 2.83 bits per heavy atom. The number of rotatable bonds is 7. The number of thioether (sulfide) groups is 1. The molecule has 4 heterocycles. The fourth-order valence-electron chi connectivity index (χ4n) is 4.60. The number of aromatic nitrogens is 3. The average molecular weight is 507 g/mol. The number of aryl methyl sites for hydroxylation is 2. The molecule has 182 valence electrons. The summed E-state index contributed by atoms with van der Waals surface area (Å²) < 4.78 is 7.06. The highest BCUT2D eigenvalue weighted by Gasteiger charge is 2.31. The van der Waals surface area contributed by atoms with Crippen LogP contribution in [0, 0.1) is 6.92 Å². The van der Waals surface area contributed by atoms with Gasteiger partial charge in [0.25, 0.3) is 0 Å². The first kappa shape index (κ1) is 24.2. The first-order valence-corrected chi connectivity index (χ1v) is 13.8. The Kier molecular flexibility index (Phi) is 6.79. The summed E-state index contributed by atoms with van der Waals surface area (Å²) in [7, 11) is 0. The Balaban J connectivity index is 1.32. The summed E-state index contributed by atoms with van der Waals surface area (Å²) >= 11 is 3.08. The Bertz CT molecular complexity index is 1380. The molecule has 0 saturated heterocycles. The molecule has 1 amide bonds. The monoisotopic (exact) mass is 506 g/mol. The lowest BCUT2D eigenvalue weighted by Gasteiger charge is -2.32. The quantitative estimate of drug-likeness (QED) is 0.259. The van der Waals surface area contributed by atoms with Crippen LogP contribution in [0.25, 0.3) is 20.4 Å². The van der Waals surface area contributed by atoms with Crippen molar-refractivity contribution in [3.8, 4) is 0 Å². The molecule has 1 aliphatic rings. The molecular formula is C27H30N4O2S2. The fourth-order valence-corrected chi connectivity index (χ4v) is 6.69. The molecule has 6 nitrogen and oxygen atoms in total. The van der Waals surface area contributed by atoms with E-state index in [1.54, 1.807) is 17.7 Å². The second-order valence-corrected chi connectivity index (χ2v) is 11.8. The minimum atomic E-state index is -0.220. The zero-order valence-corrected chi connectivity index (χ0v) is 22.2. The Hall–Kier alpha value is -2.55. The molecule has 0 fully saturated rings. The van der Waals surface area contributed by atoms with E-state index in [-0.39, 0.29) is 17.6 Å². The van der Waals surface area contributed by atoms with E-state index >= 15 is 0 Å². The Labute approximate surface area is 213 Å². The van der Waals surface area contributed by atoms with Crippen molar-refractivity contribution in [3.63, 3.8) is 0 Å². The van der Waals surface area contributed by atoms with Crippen LogP contribution in [0.5, 0.6) is 0 Å². The summed E-state index contributed by atoms with van der Waals surface area (Å²) in [4.78, 5) is 27.7. The zero-order valence-electron chi connectivity index (χ0n) is 20.6. The molecule has 1 atom stereocenters. The molecule has 8 heteroatoms. The number of benzene rings is 1. The second kappa shape index (κ2) is 9.84. The summed E-state index contributed by atoms with van der Waals surface area (Å²) in [6.45, 7) is 8.94. The third kappa shape index (κ3) is 5.20. The lowest BCUT2D eigenvalue weighted by molar-refractivity contribution is -0.119. The molecule has 4 aromatic rings. The first-order chi connectivity index (χ1) is 16.8. The SMILES string of the molecule is Cc1nc2sc3c(SCC(=O)N[C@@H](C)CCc4ccccc4)ncnc3c2c2c1COC(C)(C)C2. The predicted octanol–water partition coefficient (Wildman–Crippen LogP) is 5.63. The van der Waals surface area contributed by atoms with Crippen LogP contribution in [-0.4, -0.2) is 38.3 Å². The number of nitrogens with one attached hydrogen (secondary N) is 1. The molecule has 0 saturated carbocycles. The molecule has 1 aromatic carbocycles. The van der Waals surface area contributed by atoms with Crippen molar-refractivity contribution in [2.45, 2.75) is 70.2 Å². The highest BCUT2D eigenvalue weighted by Crippen LogP contribution is 2.42. The molecule has 1 N–H and O–H groups in total. The molecule has 0 radical (unpaired) electrons. The van der Waals surface area contributed by atoms with Gasteiger partial charge in [-0.25, -0.2) is 15.0 Å². The maximum atomic E-state index is 12.7. The summed E-state index contributed by atoms with van der Waals surface area (Å²) in [5.74, 6) is 0.343. The maximum Gasteiger partial charge on any atom is 0.230 e. The summed E-state index contributed by atoms with van der Waals surface area (Å²) in [5, 5.41) is 5.08. The number of carbonyl (C=O) groups is 1. The second-order valence-electron chi connectivity index (χ2n) is 9.80. The van der Waals surface area contributed by atoms with Gasteiger partial charge < -0.3 is 10.1 Å². The van der Waals surface area contributed by atoms with Gasteiger partial charge in [-0.15, -0.1) is 11.3 Å². The average Bonchev–Trinajstić information content (AvgIpc) is 3.20. The molecule has 35 heavy (non-hydrogen) atoms. The van der Waals surface area contributed by atoms with Gasteiger partial charge in [-0.2, -0.15) is 0 Å². The molecule has 1 aliphatic heterocycles. The Morgan fingerprint density at radius 2 is 2.03 bits per heavy atom. The molecular weight excluding hydrogens is 476 g/mol. The third-order valence-corrected chi connectivity index (χ3v) is 8.66. The van der Waals surface area contributed by atoms with Gasteiger partial charge in [0.1, 0.15) is 16.2 Å². The van der Waals surface area contributed by atoms with Crippen LogP contribution < -0.4 is 5.32 Å². The first-order valence-electron chi connectivity index (χ1n) is 12.0. The van der Waals surface area contributed by atoms with E-state index in [1.165, 1.54) is 28.5 Å². The van der Waals surface area contributed by atoms with Crippen LogP contribution in [0.1, 0.15) is 49.6 Å². The number of fused-ring (bicyclic) bond motifs is 5. The van der Waals surface area contributed by atoms with Gasteiger partial charge in [-0.1, -0.05) is 42.1 Å². The van der Waals surface area contributed by atoms with Crippen molar-refractivity contribution >= 4 is 49.4 Å². The van der Waals surface area contributed by atoms with Crippen LogP contribution in [0.15, 0.2) is 41.7 Å². The van der Waals surface area contributed by atoms with Crippen molar-refractivity contribution < 1.29 is 9.53 Å². The number of carbonyl (C=O) groups excluding carboxylic acids is 1. The van der Waals surface area contributed by atoms with E-state index in [4.69, 9.17) is 9.72 Å². The van der Waals surface area contributed by atoms with Gasteiger partial charge in [0, 0.05) is 29.1 Å². The van der Waals surface area contributed by atoms with Crippen LogP contribution >= 0.6 is 23.1 Å². The van der Waals surface area contributed by atoms with Crippen LogP contribution in [0.2, 0.25) is 0 Å². The lowest BCUT2D eigenvalue weighted by Crippen LogP contribution is -2.34. The van der Waals surface area contributed by atoms with E-state index in [9.17, 15) is 4.79 Å². The Morgan fingerprint density at radius 1 is 1.23 bits per heavy atom. The van der Waals surface area contributed by atoms with E-state index < -0.39 is 0 Å². The van der Waals surface area contributed by atoms with E-state index in [0.29, 0.717) is 12.4 Å². The molecule has 0 spiro atoms. The van der Waals surface area contributed by atoms with Gasteiger partial charge in [0.05, 0.1) is 28.2 Å². The predicted molar refractivity (Wildman–Crippen MR) is 143 cm³/mol. The van der Waals surface area contributed by atoms with Crippen molar-refractivity contribution in [1.29, 1.82) is 0 Å². The van der Waals surface area contributed by atoms with Gasteiger partial charge >= 0.3 is 0 Å². The van der Waals surface area contributed by atoms with Crippen molar-refractivity contribution in [2.24, 2.45) is 0 Å². The minimum absolute atomic E-state index is 0.0219. The summed E-state index contributed by atoms with van der Waals surface area (Å²) in [5.41, 5.74) is 5.48. The van der Waals surface area contributed by atoms with Crippen LogP contribution in [0.3, 0.4) is 0 Å². The fraction of sp³-hybridized carbons (Fsp3) is 0.407. The number of ether oxygens (including phenoxy) is 1. The molecule has 0 bridgehead atoms. The number of pyridine rings is 1. The highest BCUT2D eigenvalue weighted by molar-refractivity contribution is 8.00. The number of amides is 1. The van der Waals surface area contributed by atoms with Crippen molar-refractivity contribution in [2.75, 3.05) is 5.75 Å². The number of hydrogen-bond donors (Lipinski definition) is 1. The van der Waals surface area contributed by atoms with E-state index in [0.717, 1.165) is 50.4 Å². The van der Waals surface area contributed by atoms with Crippen molar-refractivity contribution in [3.05, 3.63) is 59.0 Å². The van der Waals surface area contributed by atoms with E-state index in [2.05, 4.69) is 55.1 Å². The number of hydrogen-bond acceptors (Lipinski definition) is 7. The molecule has 0 unspecified atom stereocenters. The van der Waals surface area contributed by atoms with Crippen LogP contribution in [-0.2, 0) is 29.0 Å². The highest BCUT2D eigenvalue weighted by atomic mass is 32.2. The normalized spacial score (nSPS) is 15.8. The molecule has 0 aliphatic carbocycles. The van der Waals surface area contributed by atoms with Crippen molar-refractivity contribution in [1.82, 2.24) is 20.3 Å². The largest absolute Gasteiger partial charge is 0.370 e. The topological polar surface area (TPSA) is 77.0 Å². The summed E-state index contributed by atoms with van der Waals surface area (Å²) in [6, 6.07) is 10.5. The van der Waals surface area contributed by atoms with Gasteiger partial charge in [0.2, 0.25) is 5.91 Å². The standard InChI is InChI=1S/C27H30N4O2S2/c1-16(10-11-18-8-6-5-7-9-18)30-21(32)14-34-26-24-23(28-15-29-26)22-19-12-27(3,4)33-13-20(19)17(2)31-25(22)35-24/h5-9,15-16H,10-14H2,1-4H3,(H,30,32)/t16-/m0/s1.